The summed E-state index contributed by atoms with van der Waals surface area (Å²) in [6.07, 6.45) is 0.637. The van der Waals surface area contributed by atoms with Gasteiger partial charge < -0.3 is 10.1 Å². The Morgan fingerprint density at radius 2 is 2.00 bits per heavy atom. The van der Waals surface area contributed by atoms with Crippen LogP contribution in [0, 0.1) is 0 Å². The zero-order valence-corrected chi connectivity index (χ0v) is 16.5. The summed E-state index contributed by atoms with van der Waals surface area (Å²) in [5.41, 5.74) is 2.41. The molecule has 1 N–H and O–H groups in total. The van der Waals surface area contributed by atoms with Crippen molar-refractivity contribution in [3.63, 3.8) is 0 Å². The number of halogens is 1. The minimum atomic E-state index is -3.48. The summed E-state index contributed by atoms with van der Waals surface area (Å²) in [7, 11) is -1.87. The zero-order valence-electron chi connectivity index (χ0n) is 14.9. The van der Waals surface area contributed by atoms with Crippen LogP contribution in [-0.4, -0.2) is 44.6 Å². The number of carbonyl (C=O) groups is 1. The van der Waals surface area contributed by atoms with Crippen LogP contribution in [0.25, 0.3) is 0 Å². The molecule has 6 nitrogen and oxygen atoms in total. The molecule has 1 aliphatic rings. The van der Waals surface area contributed by atoms with Crippen LogP contribution < -0.4 is 10.1 Å². The molecule has 0 radical (unpaired) electrons. The van der Waals surface area contributed by atoms with Crippen LogP contribution in [0.3, 0.4) is 0 Å². The van der Waals surface area contributed by atoms with Crippen LogP contribution >= 0.6 is 11.6 Å². The third-order valence-electron chi connectivity index (χ3n) is 4.55. The summed E-state index contributed by atoms with van der Waals surface area (Å²) in [6, 6.07) is 12.3. The maximum absolute atomic E-state index is 12.6. The van der Waals surface area contributed by atoms with Crippen molar-refractivity contribution in [2.45, 2.75) is 13.0 Å². The molecule has 0 atom stereocenters. The van der Waals surface area contributed by atoms with E-state index in [0.29, 0.717) is 30.1 Å². The highest BCUT2D eigenvalue weighted by Crippen LogP contribution is 2.25. The predicted octanol–water partition coefficient (Wildman–Crippen LogP) is 2.47. The number of rotatable bonds is 6. The number of carbonyl (C=O) groups excluding carboxylic acids is 1. The van der Waals surface area contributed by atoms with Crippen LogP contribution in [0.5, 0.6) is 5.75 Å². The van der Waals surface area contributed by atoms with Gasteiger partial charge in [0.25, 0.3) is 5.91 Å². The van der Waals surface area contributed by atoms with E-state index in [-0.39, 0.29) is 18.2 Å². The highest BCUT2D eigenvalue weighted by molar-refractivity contribution is 7.89. The number of fused-ring (bicyclic) bond motifs is 1. The Kier molecular flexibility index (Phi) is 6.04. The molecule has 3 rings (SSSR count). The second kappa shape index (κ2) is 8.29. The van der Waals surface area contributed by atoms with E-state index in [0.717, 1.165) is 16.9 Å². The molecule has 1 heterocycles. The molecule has 0 saturated carbocycles. The maximum atomic E-state index is 12.6. The third-order valence-corrected chi connectivity index (χ3v) is 6.70. The van der Waals surface area contributed by atoms with Crippen LogP contribution in [0.2, 0.25) is 5.02 Å². The van der Waals surface area contributed by atoms with Crippen LogP contribution in [0.4, 0.5) is 0 Å². The molecule has 0 fully saturated rings. The number of benzene rings is 2. The molecule has 0 aliphatic carbocycles. The summed E-state index contributed by atoms with van der Waals surface area (Å²) in [6.45, 7) is 0.777. The van der Waals surface area contributed by atoms with Gasteiger partial charge in [-0.25, -0.2) is 8.42 Å². The van der Waals surface area contributed by atoms with Gasteiger partial charge in [0, 0.05) is 19.6 Å². The average Bonchev–Trinajstić information content (AvgIpc) is 2.67. The molecule has 0 saturated heterocycles. The minimum Gasteiger partial charge on any atom is -0.497 e. The molecule has 27 heavy (non-hydrogen) atoms. The van der Waals surface area contributed by atoms with Crippen molar-refractivity contribution in [3.05, 3.63) is 64.2 Å². The third kappa shape index (κ3) is 4.61. The number of nitrogens with zero attached hydrogens (tertiary/aromatic N) is 1. The van der Waals surface area contributed by atoms with Gasteiger partial charge in [-0.1, -0.05) is 29.8 Å². The number of amides is 1. The second-order valence-corrected chi connectivity index (χ2v) is 8.77. The van der Waals surface area contributed by atoms with E-state index in [1.165, 1.54) is 4.31 Å². The van der Waals surface area contributed by atoms with Crippen molar-refractivity contribution in [3.8, 4) is 5.75 Å². The molecular weight excluding hydrogens is 388 g/mol. The quantitative estimate of drug-likeness (QED) is 0.796. The smallest absolute Gasteiger partial charge is 0.252 e. The highest BCUT2D eigenvalue weighted by Gasteiger charge is 2.26. The fourth-order valence-corrected chi connectivity index (χ4v) is 4.58. The normalized spacial score (nSPS) is 14.4. The fourth-order valence-electron chi connectivity index (χ4n) is 3.03. The molecule has 1 aliphatic heterocycles. The van der Waals surface area contributed by atoms with E-state index in [1.54, 1.807) is 31.4 Å². The number of hydrogen-bond donors (Lipinski definition) is 1. The van der Waals surface area contributed by atoms with Crippen LogP contribution in [-0.2, 0) is 23.0 Å². The molecule has 0 unspecified atom stereocenters. The van der Waals surface area contributed by atoms with Crippen molar-refractivity contribution in [1.82, 2.24) is 9.62 Å². The SMILES string of the molecule is COc1ccc2c(c1)CCN(S(=O)(=O)CCNC(=O)c1ccccc1Cl)C2. The molecule has 2 aromatic rings. The van der Waals surface area contributed by atoms with Crippen LogP contribution in [0.1, 0.15) is 21.5 Å². The van der Waals surface area contributed by atoms with E-state index >= 15 is 0 Å². The van der Waals surface area contributed by atoms with Crippen molar-refractivity contribution in [1.29, 1.82) is 0 Å². The lowest BCUT2D eigenvalue weighted by atomic mass is 10.0. The van der Waals surface area contributed by atoms with E-state index in [9.17, 15) is 13.2 Å². The first-order chi connectivity index (χ1) is 12.9. The van der Waals surface area contributed by atoms with E-state index < -0.39 is 10.0 Å². The maximum Gasteiger partial charge on any atom is 0.252 e. The largest absolute Gasteiger partial charge is 0.497 e. The number of sulfonamides is 1. The summed E-state index contributed by atoms with van der Waals surface area (Å²) in [4.78, 5) is 12.1. The molecule has 1 amide bonds. The standard InChI is InChI=1S/C19H21ClN2O4S/c1-26-16-7-6-15-13-22(10-8-14(15)12-16)27(24,25)11-9-21-19(23)17-4-2-3-5-18(17)20/h2-7,12H,8-11,13H2,1H3,(H,21,23). The summed E-state index contributed by atoms with van der Waals surface area (Å²) >= 11 is 5.98. The van der Waals surface area contributed by atoms with Gasteiger partial charge in [0.05, 0.1) is 23.4 Å². The Bertz CT molecular complexity index is 946. The summed E-state index contributed by atoms with van der Waals surface area (Å²) in [5, 5.41) is 2.96. The van der Waals surface area contributed by atoms with Crippen molar-refractivity contribution in [2.24, 2.45) is 0 Å². The molecular formula is C19H21ClN2O4S. The lowest BCUT2D eigenvalue weighted by molar-refractivity contribution is 0.0956. The number of hydrogen-bond acceptors (Lipinski definition) is 4. The van der Waals surface area contributed by atoms with Gasteiger partial charge >= 0.3 is 0 Å². The number of nitrogens with one attached hydrogen (secondary N) is 1. The van der Waals surface area contributed by atoms with Gasteiger partial charge in [0.2, 0.25) is 10.0 Å². The molecule has 2 aromatic carbocycles. The summed E-state index contributed by atoms with van der Waals surface area (Å²) in [5.74, 6) is 0.230. The Labute approximate surface area is 164 Å². The Balaban J connectivity index is 1.59. The number of ether oxygens (including phenoxy) is 1. The fraction of sp³-hybridized carbons (Fsp3) is 0.316. The van der Waals surface area contributed by atoms with Gasteiger partial charge in [0.1, 0.15) is 5.75 Å². The average molecular weight is 409 g/mol. The lowest BCUT2D eigenvalue weighted by Gasteiger charge is -2.28. The van der Waals surface area contributed by atoms with Crippen LogP contribution in [0.15, 0.2) is 42.5 Å². The Morgan fingerprint density at radius 1 is 1.22 bits per heavy atom. The highest BCUT2D eigenvalue weighted by atomic mass is 35.5. The van der Waals surface area contributed by atoms with Gasteiger partial charge in [-0.3, -0.25) is 4.79 Å². The van der Waals surface area contributed by atoms with Crippen molar-refractivity contribution >= 4 is 27.5 Å². The minimum absolute atomic E-state index is 0.0262. The summed E-state index contributed by atoms with van der Waals surface area (Å²) < 4.78 is 31.9. The predicted molar refractivity (Wildman–Crippen MR) is 105 cm³/mol. The van der Waals surface area contributed by atoms with Gasteiger partial charge in [0.15, 0.2) is 0 Å². The first kappa shape index (κ1) is 19.7. The van der Waals surface area contributed by atoms with Crippen molar-refractivity contribution < 1.29 is 17.9 Å². The molecule has 0 spiro atoms. The first-order valence-corrected chi connectivity index (χ1v) is 10.6. The van der Waals surface area contributed by atoms with Crippen molar-refractivity contribution in [2.75, 3.05) is 26.0 Å². The topological polar surface area (TPSA) is 75.7 Å². The van der Waals surface area contributed by atoms with E-state index in [4.69, 9.17) is 16.3 Å². The van der Waals surface area contributed by atoms with Gasteiger partial charge in [-0.2, -0.15) is 4.31 Å². The van der Waals surface area contributed by atoms with E-state index in [2.05, 4.69) is 5.32 Å². The first-order valence-electron chi connectivity index (χ1n) is 8.57. The molecule has 0 bridgehead atoms. The Hall–Kier alpha value is -2.09. The Morgan fingerprint density at radius 3 is 2.74 bits per heavy atom. The molecule has 144 valence electrons. The zero-order chi connectivity index (χ0) is 19.4. The van der Waals surface area contributed by atoms with Gasteiger partial charge in [-0.05, 0) is 41.8 Å². The number of methoxy groups -OCH3 is 1. The molecule has 8 heteroatoms. The molecule has 0 aromatic heterocycles. The monoisotopic (exact) mass is 408 g/mol. The second-order valence-electron chi connectivity index (χ2n) is 6.27. The van der Waals surface area contributed by atoms with Gasteiger partial charge in [-0.15, -0.1) is 0 Å². The lowest BCUT2D eigenvalue weighted by Crippen LogP contribution is -2.40. The van der Waals surface area contributed by atoms with E-state index in [1.807, 2.05) is 18.2 Å².